The van der Waals surface area contributed by atoms with Crippen molar-refractivity contribution in [1.82, 2.24) is 10.2 Å². The Labute approximate surface area is 145 Å². The molecule has 2 aromatic heterocycles. The second-order valence-electron chi connectivity index (χ2n) is 5.56. The molecule has 1 N–H and O–H groups in total. The van der Waals surface area contributed by atoms with Crippen molar-refractivity contribution in [2.75, 3.05) is 14.2 Å². The largest absolute Gasteiger partial charge is 0.465 e. The van der Waals surface area contributed by atoms with Crippen LogP contribution in [0.5, 0.6) is 0 Å². The molecular formula is C17H22N2O4S. The number of nitrogens with zero attached hydrogens (tertiary/aromatic N) is 1. The van der Waals surface area contributed by atoms with Crippen LogP contribution < -0.4 is 5.32 Å². The van der Waals surface area contributed by atoms with Crippen LogP contribution in [0.4, 0.5) is 0 Å². The van der Waals surface area contributed by atoms with Crippen LogP contribution in [0.25, 0.3) is 0 Å². The number of carbonyl (C=O) groups excluding carboxylic acids is 2. The van der Waals surface area contributed by atoms with Crippen LogP contribution in [0.3, 0.4) is 0 Å². The molecule has 0 aliphatic rings. The maximum atomic E-state index is 12.2. The van der Waals surface area contributed by atoms with E-state index in [2.05, 4.69) is 5.32 Å². The Balaban J connectivity index is 1.92. The molecule has 1 amide bonds. The first kappa shape index (κ1) is 18.2. The number of nitrogens with one attached hydrogen (secondary N) is 1. The lowest BCUT2D eigenvalue weighted by molar-refractivity contribution is -0.125. The van der Waals surface area contributed by atoms with Gasteiger partial charge in [-0.1, -0.05) is 6.07 Å². The van der Waals surface area contributed by atoms with Crippen LogP contribution in [-0.2, 0) is 22.6 Å². The molecule has 130 valence electrons. The molecule has 0 aromatic carbocycles. The molecule has 1 unspecified atom stereocenters. The quantitative estimate of drug-likeness (QED) is 0.777. The lowest BCUT2D eigenvalue weighted by atomic mass is 10.2. The van der Waals surface area contributed by atoms with Crippen molar-refractivity contribution in [2.45, 2.75) is 33.0 Å². The molecule has 2 rings (SSSR count). The summed E-state index contributed by atoms with van der Waals surface area (Å²) in [4.78, 5) is 26.8. The SMILES string of the molecule is COC(=O)c1cc(CN(C)C(C)C(=O)NCc2cccs2)oc1C. The molecular weight excluding hydrogens is 328 g/mol. The number of methoxy groups -OCH3 is 1. The molecule has 0 aliphatic carbocycles. The highest BCUT2D eigenvalue weighted by Crippen LogP contribution is 2.17. The summed E-state index contributed by atoms with van der Waals surface area (Å²) in [5, 5.41) is 4.90. The highest BCUT2D eigenvalue weighted by atomic mass is 32.1. The maximum absolute atomic E-state index is 12.2. The number of aryl methyl sites for hydroxylation is 1. The number of amides is 1. The highest BCUT2D eigenvalue weighted by molar-refractivity contribution is 7.09. The molecule has 1 atom stereocenters. The van der Waals surface area contributed by atoms with Gasteiger partial charge in [-0.2, -0.15) is 0 Å². The first-order chi connectivity index (χ1) is 11.4. The number of ether oxygens (including phenoxy) is 1. The van der Waals surface area contributed by atoms with Crippen LogP contribution in [-0.4, -0.2) is 37.0 Å². The highest BCUT2D eigenvalue weighted by Gasteiger charge is 2.21. The number of hydrogen-bond donors (Lipinski definition) is 1. The minimum Gasteiger partial charge on any atom is -0.465 e. The van der Waals surface area contributed by atoms with Gasteiger partial charge in [-0.05, 0) is 38.4 Å². The van der Waals surface area contributed by atoms with Gasteiger partial charge in [-0.25, -0.2) is 4.79 Å². The van der Waals surface area contributed by atoms with E-state index in [9.17, 15) is 9.59 Å². The number of hydrogen-bond acceptors (Lipinski definition) is 6. The van der Waals surface area contributed by atoms with E-state index in [4.69, 9.17) is 9.15 Å². The molecule has 2 heterocycles. The molecule has 0 saturated heterocycles. The van der Waals surface area contributed by atoms with Gasteiger partial charge in [-0.15, -0.1) is 11.3 Å². The average Bonchev–Trinajstić information content (AvgIpc) is 3.20. The van der Waals surface area contributed by atoms with Gasteiger partial charge in [0.25, 0.3) is 0 Å². The van der Waals surface area contributed by atoms with E-state index < -0.39 is 5.97 Å². The minimum atomic E-state index is -0.424. The zero-order chi connectivity index (χ0) is 17.7. The summed E-state index contributed by atoms with van der Waals surface area (Å²) in [6.45, 7) is 4.50. The van der Waals surface area contributed by atoms with Crippen molar-refractivity contribution in [1.29, 1.82) is 0 Å². The first-order valence-electron chi connectivity index (χ1n) is 7.60. The Bertz CT molecular complexity index is 694. The second-order valence-corrected chi connectivity index (χ2v) is 6.59. The summed E-state index contributed by atoms with van der Waals surface area (Å²) in [5.41, 5.74) is 0.413. The van der Waals surface area contributed by atoms with Crippen molar-refractivity contribution in [3.8, 4) is 0 Å². The second kappa shape index (κ2) is 8.12. The summed E-state index contributed by atoms with van der Waals surface area (Å²) in [7, 11) is 3.17. The third-order valence-electron chi connectivity index (χ3n) is 3.84. The van der Waals surface area contributed by atoms with Gasteiger partial charge in [0.05, 0.1) is 26.2 Å². The molecule has 0 radical (unpaired) electrons. The van der Waals surface area contributed by atoms with Gasteiger partial charge in [0.2, 0.25) is 5.91 Å². The molecule has 0 aliphatic heterocycles. The maximum Gasteiger partial charge on any atom is 0.341 e. The molecule has 6 nitrogen and oxygen atoms in total. The molecule has 2 aromatic rings. The van der Waals surface area contributed by atoms with E-state index in [-0.39, 0.29) is 11.9 Å². The zero-order valence-electron chi connectivity index (χ0n) is 14.3. The van der Waals surface area contributed by atoms with Crippen molar-refractivity contribution < 1.29 is 18.7 Å². The summed E-state index contributed by atoms with van der Waals surface area (Å²) in [6.07, 6.45) is 0. The predicted octanol–water partition coefficient (Wildman–Crippen LogP) is 2.57. The van der Waals surface area contributed by atoms with Gasteiger partial charge >= 0.3 is 5.97 Å². The summed E-state index contributed by atoms with van der Waals surface area (Å²) in [6, 6.07) is 5.28. The number of likely N-dealkylation sites (N-methyl/N-ethyl adjacent to an activating group) is 1. The molecule has 0 spiro atoms. The van der Waals surface area contributed by atoms with E-state index in [1.165, 1.54) is 7.11 Å². The Kier molecular flexibility index (Phi) is 6.16. The standard InChI is InChI=1S/C17H22N2O4S/c1-11(16(20)18-9-14-6-5-7-24-14)19(3)10-13-8-15(12(2)23-13)17(21)22-4/h5-8,11H,9-10H2,1-4H3,(H,18,20). The van der Waals surface area contributed by atoms with E-state index in [1.807, 2.05) is 36.4 Å². The zero-order valence-corrected chi connectivity index (χ0v) is 15.1. The fraction of sp³-hybridized carbons (Fsp3) is 0.412. The number of furan rings is 1. The van der Waals surface area contributed by atoms with Crippen molar-refractivity contribution in [2.24, 2.45) is 0 Å². The normalized spacial score (nSPS) is 12.2. The number of rotatable bonds is 7. The lowest BCUT2D eigenvalue weighted by Gasteiger charge is -2.22. The van der Waals surface area contributed by atoms with Crippen LogP contribution in [0.2, 0.25) is 0 Å². The third kappa shape index (κ3) is 4.46. The van der Waals surface area contributed by atoms with Crippen molar-refractivity contribution in [3.05, 3.63) is 45.5 Å². The van der Waals surface area contributed by atoms with Gasteiger partial charge < -0.3 is 14.5 Å². The first-order valence-corrected chi connectivity index (χ1v) is 8.48. The Hall–Kier alpha value is -2.12. The van der Waals surface area contributed by atoms with Crippen LogP contribution in [0, 0.1) is 6.92 Å². The average molecular weight is 350 g/mol. The Morgan fingerprint density at radius 2 is 2.21 bits per heavy atom. The van der Waals surface area contributed by atoms with Crippen molar-refractivity contribution >= 4 is 23.2 Å². The van der Waals surface area contributed by atoms with Gasteiger partial charge in [-0.3, -0.25) is 9.69 Å². The van der Waals surface area contributed by atoms with Gasteiger partial charge in [0, 0.05) is 4.88 Å². The smallest absolute Gasteiger partial charge is 0.341 e. The molecule has 7 heteroatoms. The van der Waals surface area contributed by atoms with Crippen molar-refractivity contribution in [3.63, 3.8) is 0 Å². The Morgan fingerprint density at radius 3 is 2.83 bits per heavy atom. The van der Waals surface area contributed by atoms with E-state index in [0.717, 1.165) is 4.88 Å². The number of esters is 1. The summed E-state index contributed by atoms with van der Waals surface area (Å²) < 4.78 is 10.3. The molecule has 24 heavy (non-hydrogen) atoms. The fourth-order valence-corrected chi connectivity index (χ4v) is 2.90. The number of carbonyl (C=O) groups is 2. The van der Waals surface area contributed by atoms with E-state index >= 15 is 0 Å². The minimum absolute atomic E-state index is 0.0534. The van der Waals surface area contributed by atoms with Crippen LogP contribution in [0.1, 0.15) is 33.7 Å². The third-order valence-corrected chi connectivity index (χ3v) is 4.71. The van der Waals surface area contributed by atoms with E-state index in [1.54, 1.807) is 24.3 Å². The van der Waals surface area contributed by atoms with E-state index in [0.29, 0.717) is 30.2 Å². The van der Waals surface area contributed by atoms with Crippen LogP contribution >= 0.6 is 11.3 Å². The number of thiophene rings is 1. The molecule has 0 fully saturated rings. The lowest BCUT2D eigenvalue weighted by Crippen LogP contribution is -2.42. The molecule has 0 bridgehead atoms. The Morgan fingerprint density at radius 1 is 1.46 bits per heavy atom. The summed E-state index contributed by atoms with van der Waals surface area (Å²) in [5.74, 6) is 0.655. The van der Waals surface area contributed by atoms with Gasteiger partial charge in [0.1, 0.15) is 17.1 Å². The topological polar surface area (TPSA) is 71.8 Å². The monoisotopic (exact) mass is 350 g/mol. The fourth-order valence-electron chi connectivity index (χ4n) is 2.25. The summed E-state index contributed by atoms with van der Waals surface area (Å²) >= 11 is 1.61. The van der Waals surface area contributed by atoms with Gasteiger partial charge in [0.15, 0.2) is 0 Å². The molecule has 0 saturated carbocycles. The predicted molar refractivity (Wildman–Crippen MR) is 91.9 cm³/mol. The van der Waals surface area contributed by atoms with Crippen LogP contribution in [0.15, 0.2) is 28.0 Å².